The van der Waals surface area contributed by atoms with Gasteiger partial charge in [-0.2, -0.15) is 0 Å². The molecule has 3 N–H and O–H groups in total. The fourth-order valence-corrected chi connectivity index (χ4v) is 2.82. The molecule has 2 amide bonds. The van der Waals surface area contributed by atoms with E-state index >= 15 is 0 Å². The minimum Gasteiger partial charge on any atom is -0.505 e. The standard InChI is InChI=1S/C19H17N3O5/c23-15-9-14(10-20-17(15)18(26)21-11-16(24)25)12-4-3-5-13(8-12)19(27)22-6-1-2-7-22/h4,8-10,23H,1-2,6-7,11H2,(H,21,26)(H,24,25). The molecule has 1 aromatic carbocycles. The van der Waals surface area contributed by atoms with Crippen LogP contribution in [0, 0.1) is 12.1 Å². The molecule has 8 heteroatoms. The maximum Gasteiger partial charge on any atom is 0.322 e. The van der Waals surface area contributed by atoms with E-state index < -0.39 is 24.2 Å². The Bertz CT molecular complexity index is 891. The van der Waals surface area contributed by atoms with Crippen molar-refractivity contribution in [3.05, 3.63) is 47.8 Å². The van der Waals surface area contributed by atoms with Crippen molar-refractivity contribution in [2.75, 3.05) is 19.6 Å². The van der Waals surface area contributed by atoms with Crippen molar-refractivity contribution < 1.29 is 24.6 Å². The highest BCUT2D eigenvalue weighted by atomic mass is 16.4. The number of aromatic hydroxyl groups is 1. The number of carboxylic acid groups (broad SMARTS) is 1. The summed E-state index contributed by atoms with van der Waals surface area (Å²) >= 11 is 0. The van der Waals surface area contributed by atoms with Crippen molar-refractivity contribution in [2.45, 2.75) is 12.8 Å². The zero-order chi connectivity index (χ0) is 19.4. The van der Waals surface area contributed by atoms with Gasteiger partial charge in [0.15, 0.2) is 5.69 Å². The lowest BCUT2D eigenvalue weighted by Gasteiger charge is -2.14. The van der Waals surface area contributed by atoms with E-state index in [0.29, 0.717) is 16.7 Å². The van der Waals surface area contributed by atoms with Crippen LogP contribution in [0.25, 0.3) is 11.1 Å². The van der Waals surface area contributed by atoms with Gasteiger partial charge in [-0.05, 0) is 36.6 Å². The third-order valence-corrected chi connectivity index (χ3v) is 4.17. The van der Waals surface area contributed by atoms with Gasteiger partial charge in [-0.15, -0.1) is 0 Å². The average Bonchev–Trinajstić information content (AvgIpc) is 3.20. The number of rotatable bonds is 5. The minimum absolute atomic E-state index is 0.118. The molecule has 2 heterocycles. The number of aromatic nitrogens is 1. The van der Waals surface area contributed by atoms with Crippen LogP contribution < -0.4 is 5.32 Å². The molecule has 138 valence electrons. The van der Waals surface area contributed by atoms with Gasteiger partial charge in [0.2, 0.25) is 0 Å². The zero-order valence-electron chi connectivity index (χ0n) is 14.4. The van der Waals surface area contributed by atoms with E-state index in [1.807, 2.05) is 0 Å². The van der Waals surface area contributed by atoms with Crippen LogP contribution in [0.1, 0.15) is 33.7 Å². The number of likely N-dealkylation sites (tertiary alicyclic amines) is 1. The first kappa shape index (κ1) is 18.2. The van der Waals surface area contributed by atoms with E-state index in [-0.39, 0.29) is 11.6 Å². The lowest BCUT2D eigenvalue weighted by molar-refractivity contribution is -0.135. The number of amides is 2. The predicted molar refractivity (Wildman–Crippen MR) is 94.1 cm³/mol. The summed E-state index contributed by atoms with van der Waals surface area (Å²) < 4.78 is 0. The van der Waals surface area contributed by atoms with Crippen molar-refractivity contribution >= 4 is 17.8 Å². The van der Waals surface area contributed by atoms with E-state index in [4.69, 9.17) is 5.11 Å². The van der Waals surface area contributed by atoms with Gasteiger partial charge in [0.25, 0.3) is 11.8 Å². The first-order chi connectivity index (χ1) is 13.0. The van der Waals surface area contributed by atoms with Crippen LogP contribution in [0.2, 0.25) is 0 Å². The van der Waals surface area contributed by atoms with Crippen molar-refractivity contribution in [1.29, 1.82) is 0 Å². The molecule has 1 saturated heterocycles. The summed E-state index contributed by atoms with van der Waals surface area (Å²) in [5.41, 5.74) is 1.18. The Hall–Kier alpha value is -3.60. The lowest BCUT2D eigenvalue weighted by Crippen LogP contribution is -2.29. The summed E-state index contributed by atoms with van der Waals surface area (Å²) in [6.45, 7) is 0.867. The highest BCUT2D eigenvalue weighted by Gasteiger charge is 2.20. The van der Waals surface area contributed by atoms with Gasteiger partial charge < -0.3 is 20.4 Å². The molecule has 0 aliphatic carbocycles. The molecule has 2 aromatic rings. The summed E-state index contributed by atoms with van der Waals surface area (Å²) in [4.78, 5) is 40.5. The van der Waals surface area contributed by atoms with E-state index in [1.165, 1.54) is 12.3 Å². The van der Waals surface area contributed by atoms with Gasteiger partial charge in [-0.3, -0.25) is 14.4 Å². The van der Waals surface area contributed by atoms with E-state index in [2.05, 4.69) is 22.4 Å². The third-order valence-electron chi connectivity index (χ3n) is 4.17. The molecule has 0 bridgehead atoms. The van der Waals surface area contributed by atoms with Crippen LogP contribution in [0.3, 0.4) is 0 Å². The second kappa shape index (κ2) is 7.74. The molecule has 8 nitrogen and oxygen atoms in total. The first-order valence-electron chi connectivity index (χ1n) is 8.38. The monoisotopic (exact) mass is 367 g/mol. The van der Waals surface area contributed by atoms with Crippen molar-refractivity contribution in [2.24, 2.45) is 0 Å². The van der Waals surface area contributed by atoms with Gasteiger partial charge in [0.05, 0.1) is 5.56 Å². The van der Waals surface area contributed by atoms with Crippen LogP contribution in [0.5, 0.6) is 5.75 Å². The Morgan fingerprint density at radius 3 is 2.59 bits per heavy atom. The molecule has 1 aliphatic heterocycles. The Labute approximate surface area is 155 Å². The fraction of sp³-hybridized carbons (Fsp3) is 0.263. The number of aliphatic carboxylic acids is 1. The second-order valence-electron chi connectivity index (χ2n) is 6.09. The highest BCUT2D eigenvalue weighted by molar-refractivity contribution is 5.97. The van der Waals surface area contributed by atoms with Crippen LogP contribution in [-0.2, 0) is 4.79 Å². The van der Waals surface area contributed by atoms with Gasteiger partial charge in [-0.25, -0.2) is 4.98 Å². The van der Waals surface area contributed by atoms with E-state index in [9.17, 15) is 19.5 Å². The molecule has 1 fully saturated rings. The molecule has 0 unspecified atom stereocenters. The Kier molecular flexibility index (Phi) is 5.22. The first-order valence-corrected chi connectivity index (χ1v) is 8.38. The fourth-order valence-electron chi connectivity index (χ4n) is 2.82. The highest BCUT2D eigenvalue weighted by Crippen LogP contribution is 2.25. The maximum atomic E-state index is 12.5. The van der Waals surface area contributed by atoms with Crippen LogP contribution in [0.4, 0.5) is 0 Å². The van der Waals surface area contributed by atoms with Crippen LogP contribution in [-0.4, -0.2) is 57.5 Å². The molecule has 1 aromatic heterocycles. The topological polar surface area (TPSA) is 120 Å². The lowest BCUT2D eigenvalue weighted by atomic mass is 10.0. The zero-order valence-corrected chi connectivity index (χ0v) is 14.4. The second-order valence-corrected chi connectivity index (χ2v) is 6.09. The summed E-state index contributed by atoms with van der Waals surface area (Å²) in [7, 11) is 0. The molecule has 27 heavy (non-hydrogen) atoms. The summed E-state index contributed by atoms with van der Waals surface area (Å²) in [6, 6.07) is 10.2. The van der Waals surface area contributed by atoms with Gasteiger partial charge >= 0.3 is 5.97 Å². The number of nitrogens with one attached hydrogen (secondary N) is 1. The van der Waals surface area contributed by atoms with Crippen LogP contribution in [0.15, 0.2) is 24.4 Å². The van der Waals surface area contributed by atoms with Gasteiger partial charge in [-0.1, -0.05) is 12.1 Å². The molecule has 0 spiro atoms. The quantitative estimate of drug-likeness (QED) is 0.728. The van der Waals surface area contributed by atoms with Crippen molar-refractivity contribution in [3.63, 3.8) is 0 Å². The number of carboxylic acids is 1. The van der Waals surface area contributed by atoms with E-state index in [0.717, 1.165) is 25.9 Å². The molecular formula is C19H17N3O5. The number of nitrogens with zero attached hydrogens (tertiary/aromatic N) is 2. The third kappa shape index (κ3) is 4.15. The maximum absolute atomic E-state index is 12.5. The van der Waals surface area contributed by atoms with E-state index in [1.54, 1.807) is 17.0 Å². The Morgan fingerprint density at radius 1 is 1.19 bits per heavy atom. The normalized spacial score (nSPS) is 13.1. The molecule has 0 atom stereocenters. The van der Waals surface area contributed by atoms with Crippen LogP contribution >= 0.6 is 0 Å². The number of carbonyl (C=O) groups is 3. The number of hydrogen-bond donors (Lipinski definition) is 3. The molecule has 0 saturated carbocycles. The number of pyridine rings is 1. The Balaban J connectivity index is 1.81. The predicted octanol–water partition coefficient (Wildman–Crippen LogP) is 1.10. The number of hydrogen-bond acceptors (Lipinski definition) is 5. The molecule has 3 rings (SSSR count). The summed E-state index contributed by atoms with van der Waals surface area (Å²) in [5.74, 6) is -2.51. The molecule has 0 radical (unpaired) electrons. The van der Waals surface area contributed by atoms with Crippen molar-refractivity contribution in [3.8, 4) is 16.9 Å². The molecular weight excluding hydrogens is 350 g/mol. The van der Waals surface area contributed by atoms with Gasteiger partial charge in [0.1, 0.15) is 12.3 Å². The Morgan fingerprint density at radius 2 is 1.93 bits per heavy atom. The number of carbonyl (C=O) groups excluding carboxylic acids is 2. The average molecular weight is 367 g/mol. The van der Waals surface area contributed by atoms with Gasteiger partial charge in [0, 0.05) is 24.8 Å². The minimum atomic E-state index is -1.20. The summed E-state index contributed by atoms with van der Waals surface area (Å²) in [5, 5.41) is 20.8. The molecule has 1 aliphatic rings. The largest absolute Gasteiger partial charge is 0.505 e. The summed E-state index contributed by atoms with van der Waals surface area (Å²) in [6.07, 6.45) is 3.33. The SMILES string of the molecule is O=C(O)CNC(=O)c1ncc(-c2cc#cc(C(=O)N3CCCC3)c2)cc1O. The van der Waals surface area contributed by atoms with Crippen molar-refractivity contribution in [1.82, 2.24) is 15.2 Å². The smallest absolute Gasteiger partial charge is 0.322 e.